The summed E-state index contributed by atoms with van der Waals surface area (Å²) in [6.45, 7) is 0.444. The van der Waals surface area contributed by atoms with Gasteiger partial charge in [0, 0.05) is 23.3 Å². The van der Waals surface area contributed by atoms with Crippen LogP contribution in [0.3, 0.4) is 0 Å². The number of pyridine rings is 1. The number of carbonyl (C=O) groups is 3. The first-order valence-corrected chi connectivity index (χ1v) is 13.9. The van der Waals surface area contributed by atoms with Gasteiger partial charge in [0.1, 0.15) is 12.3 Å². The third kappa shape index (κ3) is 7.75. The Morgan fingerprint density at radius 2 is 1.45 bits per heavy atom. The highest BCUT2D eigenvalue weighted by Crippen LogP contribution is 2.13. The minimum absolute atomic E-state index is 0.0302. The predicted octanol–water partition coefficient (Wildman–Crippen LogP) is 4.18. The second-order valence-corrected chi connectivity index (χ2v) is 10.7. The van der Waals surface area contributed by atoms with Crippen LogP contribution in [0.2, 0.25) is 5.02 Å². The lowest BCUT2D eigenvalue weighted by molar-refractivity contribution is 0.0465. The van der Waals surface area contributed by atoms with E-state index < -0.39 is 21.9 Å². The van der Waals surface area contributed by atoms with Crippen molar-refractivity contribution < 1.29 is 27.5 Å². The van der Waals surface area contributed by atoms with Crippen LogP contribution in [0.25, 0.3) is 0 Å². The molecule has 0 atom stereocenters. The van der Waals surface area contributed by atoms with Crippen molar-refractivity contribution >= 4 is 39.4 Å². The van der Waals surface area contributed by atoms with Gasteiger partial charge in [-0.05, 0) is 66.1 Å². The summed E-state index contributed by atoms with van der Waals surface area (Å²) in [6, 6.07) is 24.1. The first kappa shape index (κ1) is 28.5. The molecule has 0 aliphatic carbocycles. The van der Waals surface area contributed by atoms with Crippen LogP contribution in [0.15, 0.2) is 102 Å². The number of halogens is 1. The monoisotopic (exact) mass is 577 g/mol. The Labute approximate surface area is 236 Å². The average Bonchev–Trinajstić information content (AvgIpc) is 2.97. The molecule has 4 rings (SSSR count). The third-order valence-corrected chi connectivity index (χ3v) is 7.31. The maximum Gasteiger partial charge on any atom is 0.357 e. The molecular formula is C29H24ClN3O6S. The fourth-order valence-corrected chi connectivity index (χ4v) is 4.64. The topological polar surface area (TPSA) is 132 Å². The van der Waals surface area contributed by atoms with E-state index in [4.69, 9.17) is 16.3 Å². The van der Waals surface area contributed by atoms with Crippen LogP contribution in [-0.4, -0.2) is 37.7 Å². The van der Waals surface area contributed by atoms with Gasteiger partial charge in [0.25, 0.3) is 21.8 Å². The van der Waals surface area contributed by atoms with Crippen molar-refractivity contribution in [3.63, 3.8) is 0 Å². The molecule has 1 heterocycles. The number of nitrogens with one attached hydrogen (secondary N) is 2. The molecule has 11 heteroatoms. The van der Waals surface area contributed by atoms with Crippen LogP contribution in [0.1, 0.15) is 42.3 Å². The zero-order valence-electron chi connectivity index (χ0n) is 21.0. The molecule has 9 nitrogen and oxygen atoms in total. The summed E-state index contributed by atoms with van der Waals surface area (Å²) in [5.74, 6) is -1.98. The highest BCUT2D eigenvalue weighted by Gasteiger charge is 2.20. The van der Waals surface area contributed by atoms with Gasteiger partial charge < -0.3 is 10.1 Å². The molecule has 0 aliphatic rings. The summed E-state index contributed by atoms with van der Waals surface area (Å²) in [6.07, 6.45) is 1.69. The van der Waals surface area contributed by atoms with E-state index >= 15 is 0 Å². The molecule has 3 aromatic carbocycles. The molecule has 1 aromatic heterocycles. The molecule has 0 bridgehead atoms. The van der Waals surface area contributed by atoms with Crippen molar-refractivity contribution in [3.05, 3.63) is 130 Å². The first-order valence-electron chi connectivity index (χ1n) is 12.1. The van der Waals surface area contributed by atoms with E-state index in [1.165, 1.54) is 36.4 Å². The van der Waals surface area contributed by atoms with Crippen molar-refractivity contribution in [1.82, 2.24) is 15.0 Å². The zero-order chi connectivity index (χ0) is 28.5. The SMILES string of the molecule is O=C(NCCc1ccc(Cl)cc1)c1ccc(S(=O)(=O)NC(=O)c2ccc(C(=O)OCc3ccccc3)nc2)cc1. The first-order chi connectivity index (χ1) is 19.2. The number of esters is 1. The molecule has 204 valence electrons. The molecule has 0 aliphatic heterocycles. The van der Waals surface area contributed by atoms with Crippen LogP contribution in [0.5, 0.6) is 0 Å². The molecule has 0 fully saturated rings. The van der Waals surface area contributed by atoms with Crippen LogP contribution in [0, 0.1) is 0 Å². The number of ether oxygens (including phenoxy) is 1. The van der Waals surface area contributed by atoms with Crippen molar-refractivity contribution in [3.8, 4) is 0 Å². The summed E-state index contributed by atoms with van der Waals surface area (Å²) < 4.78 is 32.6. The Morgan fingerprint density at radius 3 is 2.10 bits per heavy atom. The lowest BCUT2D eigenvalue weighted by Crippen LogP contribution is -2.31. The Morgan fingerprint density at radius 1 is 0.775 bits per heavy atom. The van der Waals surface area contributed by atoms with Gasteiger partial charge in [-0.3, -0.25) is 9.59 Å². The number of carbonyl (C=O) groups excluding carboxylic acids is 3. The number of aromatic nitrogens is 1. The van der Waals surface area contributed by atoms with E-state index in [1.807, 2.05) is 35.1 Å². The average molecular weight is 578 g/mol. The normalized spacial score (nSPS) is 10.9. The van der Waals surface area contributed by atoms with Gasteiger partial charge in [0.05, 0.1) is 10.5 Å². The minimum atomic E-state index is -4.23. The Hall–Kier alpha value is -4.54. The number of amides is 2. The smallest absolute Gasteiger partial charge is 0.357 e. The molecule has 40 heavy (non-hydrogen) atoms. The van der Waals surface area contributed by atoms with Crippen LogP contribution in [-0.2, 0) is 27.8 Å². The van der Waals surface area contributed by atoms with Gasteiger partial charge in [-0.2, -0.15) is 0 Å². The highest BCUT2D eigenvalue weighted by atomic mass is 35.5. The maximum atomic E-state index is 12.7. The van der Waals surface area contributed by atoms with Crippen LogP contribution in [0.4, 0.5) is 0 Å². The fourth-order valence-electron chi connectivity index (χ4n) is 3.54. The Kier molecular flexibility index (Phi) is 9.26. The second kappa shape index (κ2) is 13.0. The molecule has 0 unspecified atom stereocenters. The number of hydrogen-bond acceptors (Lipinski definition) is 7. The van der Waals surface area contributed by atoms with Gasteiger partial charge in [-0.1, -0.05) is 54.1 Å². The van der Waals surface area contributed by atoms with Crippen molar-refractivity contribution in [1.29, 1.82) is 0 Å². The number of sulfonamides is 1. The number of nitrogens with zero attached hydrogens (tertiary/aromatic N) is 1. The quantitative estimate of drug-likeness (QED) is 0.270. The summed E-state index contributed by atoms with van der Waals surface area (Å²) in [7, 11) is -4.23. The fraction of sp³-hybridized carbons (Fsp3) is 0.103. The van der Waals surface area contributed by atoms with Gasteiger partial charge >= 0.3 is 5.97 Å². The lowest BCUT2D eigenvalue weighted by atomic mass is 10.1. The second-order valence-electron chi connectivity index (χ2n) is 8.59. The Bertz CT molecular complexity index is 1590. The summed E-state index contributed by atoms with van der Waals surface area (Å²) in [5, 5.41) is 3.40. The molecule has 0 saturated carbocycles. The van der Waals surface area contributed by atoms with Crippen molar-refractivity contribution in [2.24, 2.45) is 0 Å². The van der Waals surface area contributed by atoms with E-state index in [9.17, 15) is 22.8 Å². The third-order valence-electron chi connectivity index (χ3n) is 5.71. The van der Waals surface area contributed by atoms with E-state index in [0.717, 1.165) is 17.3 Å². The highest BCUT2D eigenvalue weighted by molar-refractivity contribution is 7.90. The molecule has 0 saturated heterocycles. The summed E-state index contributed by atoms with van der Waals surface area (Å²) in [4.78, 5) is 40.9. The van der Waals surface area contributed by atoms with E-state index in [1.54, 1.807) is 24.3 Å². The predicted molar refractivity (Wildman–Crippen MR) is 148 cm³/mol. The van der Waals surface area contributed by atoms with Crippen LogP contribution < -0.4 is 10.0 Å². The summed E-state index contributed by atoms with van der Waals surface area (Å²) >= 11 is 5.87. The van der Waals surface area contributed by atoms with Gasteiger partial charge in [0.2, 0.25) is 0 Å². The lowest BCUT2D eigenvalue weighted by Gasteiger charge is -2.09. The number of hydrogen-bond donors (Lipinski definition) is 2. The van der Waals surface area contributed by atoms with Crippen LogP contribution >= 0.6 is 11.6 Å². The molecule has 0 radical (unpaired) electrons. The van der Waals surface area contributed by atoms with E-state index in [-0.39, 0.29) is 34.2 Å². The minimum Gasteiger partial charge on any atom is -0.456 e. The molecule has 2 N–H and O–H groups in total. The van der Waals surface area contributed by atoms with E-state index in [2.05, 4.69) is 10.3 Å². The molecular weight excluding hydrogens is 554 g/mol. The number of benzene rings is 3. The van der Waals surface area contributed by atoms with Gasteiger partial charge in [-0.25, -0.2) is 22.9 Å². The van der Waals surface area contributed by atoms with Crippen molar-refractivity contribution in [2.45, 2.75) is 17.9 Å². The van der Waals surface area contributed by atoms with Crippen molar-refractivity contribution in [2.75, 3.05) is 6.54 Å². The largest absolute Gasteiger partial charge is 0.456 e. The Balaban J connectivity index is 1.30. The molecule has 0 spiro atoms. The zero-order valence-corrected chi connectivity index (χ0v) is 22.6. The van der Waals surface area contributed by atoms with Gasteiger partial charge in [-0.15, -0.1) is 0 Å². The molecule has 2 amide bonds. The van der Waals surface area contributed by atoms with Gasteiger partial charge in [0.15, 0.2) is 0 Å². The standard InChI is InChI=1S/C29H24ClN3O6S/c30-24-11-6-20(7-12-24)16-17-31-27(34)22-8-13-25(14-9-22)40(37,38)33-28(35)23-10-15-26(32-18-23)29(36)39-19-21-4-2-1-3-5-21/h1-15,18H,16-17,19H2,(H,31,34)(H,33,35). The molecule has 4 aromatic rings. The number of rotatable bonds is 10. The maximum absolute atomic E-state index is 12.7. The summed E-state index contributed by atoms with van der Waals surface area (Å²) in [5.41, 5.74) is 1.98. The van der Waals surface area contributed by atoms with E-state index in [0.29, 0.717) is 18.0 Å².